The molecule has 8 atom stereocenters. The van der Waals surface area contributed by atoms with Crippen LogP contribution < -0.4 is 42.5 Å². The third-order valence-electron chi connectivity index (χ3n) is 18.6. The van der Waals surface area contributed by atoms with Gasteiger partial charge in [-0.2, -0.15) is 0 Å². The Balaban J connectivity index is 0.842. The molecule has 6 fully saturated rings. The normalized spacial score (nSPS) is 22.3. The lowest BCUT2D eigenvalue weighted by atomic mass is 9.92. The molecule has 0 bridgehead atoms. The van der Waals surface area contributed by atoms with E-state index in [1.54, 1.807) is 24.5 Å². The Kier molecular flexibility index (Phi) is 39.0. The summed E-state index contributed by atoms with van der Waals surface area (Å²) < 4.78 is 50.4. The Morgan fingerprint density at radius 2 is 0.580 bits per heavy atom. The van der Waals surface area contributed by atoms with Gasteiger partial charge in [0, 0.05) is 220 Å². The van der Waals surface area contributed by atoms with E-state index in [1.165, 1.54) is 0 Å². The molecule has 2 aromatic heterocycles. The van der Waals surface area contributed by atoms with E-state index in [-0.39, 0.29) is 119 Å². The van der Waals surface area contributed by atoms with Gasteiger partial charge in [-0.3, -0.25) is 39.4 Å². The molecule has 2 aromatic rings. The summed E-state index contributed by atoms with van der Waals surface area (Å²) in [5, 5.41) is 116. The number of aliphatic hydroxyl groups is 8. The second-order valence-corrected chi connectivity index (χ2v) is 28.3. The first kappa shape index (κ1) is 82.4. The van der Waals surface area contributed by atoms with Crippen LogP contribution in [-0.4, -0.2) is 438 Å². The van der Waals surface area contributed by atoms with Crippen molar-refractivity contribution in [3.05, 3.63) is 36.7 Å². The van der Waals surface area contributed by atoms with Gasteiger partial charge in [0.05, 0.1) is 177 Å². The van der Waals surface area contributed by atoms with Crippen molar-refractivity contribution in [2.75, 3.05) is 319 Å². The minimum atomic E-state index is -0.962. The molecule has 100 heavy (non-hydrogen) atoms. The molecule has 8 heterocycles. The molecule has 8 unspecified atom stereocenters. The number of hydrogen-bond acceptors (Lipinski definition) is 32. The van der Waals surface area contributed by atoms with Gasteiger partial charge in [0.1, 0.15) is 0 Å². The molecule has 0 amide bonds. The minimum absolute atomic E-state index is 0.0392. The average Bonchev–Trinajstić information content (AvgIpc) is 0.884. The monoisotopic (exact) mass is 1420 g/mol. The van der Waals surface area contributed by atoms with Crippen LogP contribution in [0, 0.1) is 10.8 Å². The molecule has 0 aromatic carbocycles. The maximum absolute atomic E-state index is 11.4. The lowest BCUT2D eigenvalue weighted by Crippen LogP contribution is -2.48. The predicted octanol–water partition coefficient (Wildman–Crippen LogP) is -6.26. The fourth-order valence-corrected chi connectivity index (χ4v) is 13.2. The summed E-state index contributed by atoms with van der Waals surface area (Å²) in [5.41, 5.74) is 0.585. The van der Waals surface area contributed by atoms with Gasteiger partial charge in [-0.05, 0) is 37.2 Å². The van der Waals surface area contributed by atoms with Crippen LogP contribution in [0.3, 0.4) is 0 Å². The summed E-state index contributed by atoms with van der Waals surface area (Å²) in [4.78, 5) is 22.4. The molecule has 574 valence electrons. The van der Waals surface area contributed by atoms with Gasteiger partial charge in [0.2, 0.25) is 0 Å². The highest BCUT2D eigenvalue weighted by molar-refractivity contribution is 5.64. The minimum Gasteiger partial charge on any atom is -0.389 e. The molecular weight excluding hydrogens is 1300 g/mol. The summed E-state index contributed by atoms with van der Waals surface area (Å²) in [6, 6.07) is 7.26. The van der Waals surface area contributed by atoms with E-state index in [2.05, 4.69) is 81.9 Å². The number of rotatable bonds is 51. The number of β-amino-alcohol motifs (C(OH)–C–C–N with tert-alkyl or cyclic N) is 6. The van der Waals surface area contributed by atoms with Crippen molar-refractivity contribution in [3.8, 4) is 11.4 Å². The van der Waals surface area contributed by atoms with Crippen LogP contribution >= 0.6 is 0 Å². The first-order valence-corrected chi connectivity index (χ1v) is 36.8. The van der Waals surface area contributed by atoms with Crippen LogP contribution in [0.4, 0.5) is 11.4 Å². The van der Waals surface area contributed by atoms with Crippen LogP contribution in [0.5, 0.6) is 0 Å². The third-order valence-corrected chi connectivity index (χ3v) is 18.6. The van der Waals surface area contributed by atoms with E-state index in [0.29, 0.717) is 68.7 Å². The molecule has 0 radical (unpaired) electrons. The zero-order chi connectivity index (χ0) is 70.3. The standard InChI is InChI=1S/C68H126N16O16/c85-57(38-93-46-67(48-95-40-59(87)32-79-18-7-69-8-19-79,49-96-41-60(88)33-80-20-9-70-10-21-80)50-97-42-61(89)34-81-22-11-71-12-23-81)30-77-55-2-5-75-65(28-55)66-29-56(3-6-76-66)78-31-58(86)39-94-47-68(51-98-43-62(90)35-82-24-13-72-14-25-82,52-99-44-63(91)36-83-26-15-73-16-27-83)53-100-45-64(92)37-84-17-1-4-74-54-84/h2-3,5-6,28-29,57-64,69-74,85-92H,1,4,7-27,30-54H2,(H,75,77)(H,76,78). The van der Waals surface area contributed by atoms with Crippen LogP contribution in [0.2, 0.25) is 0 Å². The molecule has 0 saturated carbocycles. The SMILES string of the molecule is OC(CNc1ccnc(-c2cc(NCC(O)COCC(COCC(O)CN3CCNCC3)(COCC(O)CN3CCNCC3)COCC(O)CN3CCCNC3)ccn2)c1)COCC(COCC(O)CN1CCNCC1)(COCC(O)CN1CCNCC1)COCC(O)CN1CCNCC1. The lowest BCUT2D eigenvalue weighted by Gasteiger charge is -2.35. The first-order valence-electron chi connectivity index (χ1n) is 36.8. The molecule has 16 N–H and O–H groups in total. The molecule has 6 aliphatic rings. The van der Waals surface area contributed by atoms with Crippen molar-refractivity contribution < 1.29 is 78.7 Å². The number of aromatic nitrogens is 2. The molecule has 32 nitrogen and oxygen atoms in total. The van der Waals surface area contributed by atoms with E-state index < -0.39 is 59.7 Å². The van der Waals surface area contributed by atoms with Gasteiger partial charge in [-0.25, -0.2) is 0 Å². The largest absolute Gasteiger partial charge is 0.389 e. The Labute approximate surface area is 592 Å². The fraction of sp³-hybridized carbons (Fsp3) is 0.853. The molecule has 0 aliphatic carbocycles. The zero-order valence-electron chi connectivity index (χ0n) is 59.4. The van der Waals surface area contributed by atoms with Gasteiger partial charge in [0.25, 0.3) is 0 Å². The number of piperazine rings is 5. The van der Waals surface area contributed by atoms with Crippen LogP contribution in [0.1, 0.15) is 6.42 Å². The maximum Gasteiger partial charge on any atom is 0.0945 e. The topological polar surface area (TPSA) is 377 Å². The van der Waals surface area contributed by atoms with E-state index >= 15 is 0 Å². The number of nitrogens with zero attached hydrogens (tertiary/aromatic N) is 8. The summed E-state index contributed by atoms with van der Waals surface area (Å²) in [6.07, 6.45) is -2.07. The molecule has 6 aliphatic heterocycles. The highest BCUT2D eigenvalue weighted by Gasteiger charge is 2.37. The van der Waals surface area contributed by atoms with Crippen LogP contribution in [0.25, 0.3) is 11.4 Å². The number of pyridine rings is 2. The smallest absolute Gasteiger partial charge is 0.0945 e. The van der Waals surface area contributed by atoms with E-state index in [9.17, 15) is 40.9 Å². The van der Waals surface area contributed by atoms with E-state index in [1.807, 2.05) is 12.1 Å². The van der Waals surface area contributed by atoms with Crippen molar-refractivity contribution in [3.63, 3.8) is 0 Å². The van der Waals surface area contributed by atoms with Gasteiger partial charge >= 0.3 is 0 Å². The van der Waals surface area contributed by atoms with E-state index in [4.69, 9.17) is 37.9 Å². The predicted molar refractivity (Wildman–Crippen MR) is 380 cm³/mol. The van der Waals surface area contributed by atoms with Crippen molar-refractivity contribution in [1.29, 1.82) is 0 Å². The quantitative estimate of drug-likeness (QED) is 0.0293. The third kappa shape index (κ3) is 33.1. The lowest BCUT2D eigenvalue weighted by molar-refractivity contribution is -0.133. The Hall–Kier alpha value is -3.22. The highest BCUT2D eigenvalue weighted by atomic mass is 16.5. The summed E-state index contributed by atoms with van der Waals surface area (Å²) in [5.74, 6) is 0. The highest BCUT2D eigenvalue weighted by Crippen LogP contribution is 2.26. The molecular formula is C68H126N16O16. The van der Waals surface area contributed by atoms with Gasteiger partial charge < -0.3 is 121 Å². The van der Waals surface area contributed by atoms with E-state index in [0.717, 1.165) is 150 Å². The molecule has 6 saturated heterocycles. The second kappa shape index (κ2) is 47.4. The summed E-state index contributed by atoms with van der Waals surface area (Å²) in [7, 11) is 0. The molecule has 32 heteroatoms. The van der Waals surface area contributed by atoms with Crippen molar-refractivity contribution in [1.82, 2.24) is 71.3 Å². The number of hydrogen-bond donors (Lipinski definition) is 16. The molecule has 8 rings (SSSR count). The van der Waals surface area contributed by atoms with Gasteiger partial charge in [0.15, 0.2) is 0 Å². The first-order chi connectivity index (χ1) is 48.7. The average molecular weight is 1420 g/mol. The van der Waals surface area contributed by atoms with Crippen molar-refractivity contribution >= 4 is 11.4 Å². The van der Waals surface area contributed by atoms with Crippen LogP contribution in [0.15, 0.2) is 36.7 Å². The van der Waals surface area contributed by atoms with Crippen LogP contribution in [-0.2, 0) is 37.9 Å². The number of aliphatic hydroxyl groups excluding tert-OH is 8. The molecule has 0 spiro atoms. The van der Waals surface area contributed by atoms with Crippen molar-refractivity contribution in [2.24, 2.45) is 10.8 Å². The number of anilines is 2. The number of nitrogens with one attached hydrogen (secondary N) is 8. The Morgan fingerprint density at radius 1 is 0.330 bits per heavy atom. The van der Waals surface area contributed by atoms with Gasteiger partial charge in [-0.1, -0.05) is 0 Å². The summed E-state index contributed by atoms with van der Waals surface area (Å²) >= 11 is 0. The maximum atomic E-state index is 11.4. The van der Waals surface area contributed by atoms with Gasteiger partial charge in [-0.15, -0.1) is 0 Å². The fourth-order valence-electron chi connectivity index (χ4n) is 13.2. The van der Waals surface area contributed by atoms with Crippen molar-refractivity contribution in [2.45, 2.75) is 55.3 Å². The summed E-state index contributed by atoms with van der Waals surface area (Å²) in [6.45, 7) is 23.2. The second-order valence-electron chi connectivity index (χ2n) is 28.3. The zero-order valence-corrected chi connectivity index (χ0v) is 59.4. The Bertz CT molecular complexity index is 2100. The number of ether oxygens (including phenoxy) is 8. The Morgan fingerprint density at radius 3 is 0.830 bits per heavy atom.